The molecule has 0 aromatic carbocycles. The van der Waals surface area contributed by atoms with Crippen molar-refractivity contribution in [1.82, 2.24) is 25.2 Å². The molecular weight excluding hydrogens is 254 g/mol. The van der Waals surface area contributed by atoms with Gasteiger partial charge in [0.15, 0.2) is 0 Å². The molecule has 1 fully saturated rings. The molecule has 1 aromatic heterocycles. The molecular formula is C14H27N5O. The lowest BCUT2D eigenvalue weighted by Gasteiger charge is -2.26. The zero-order valence-electron chi connectivity index (χ0n) is 12.6. The van der Waals surface area contributed by atoms with Crippen molar-refractivity contribution in [1.29, 1.82) is 0 Å². The first-order valence-electron chi connectivity index (χ1n) is 7.78. The van der Waals surface area contributed by atoms with Gasteiger partial charge in [0.25, 0.3) is 0 Å². The van der Waals surface area contributed by atoms with Crippen LogP contribution < -0.4 is 5.32 Å². The van der Waals surface area contributed by atoms with E-state index >= 15 is 0 Å². The normalized spacial score (nSPS) is 16.6. The van der Waals surface area contributed by atoms with E-state index in [0.717, 1.165) is 38.5 Å². The Morgan fingerprint density at radius 2 is 2.00 bits per heavy atom. The van der Waals surface area contributed by atoms with Gasteiger partial charge in [-0.2, -0.15) is 0 Å². The van der Waals surface area contributed by atoms with E-state index in [1.165, 1.54) is 32.4 Å². The van der Waals surface area contributed by atoms with E-state index in [9.17, 15) is 0 Å². The molecule has 20 heavy (non-hydrogen) atoms. The lowest BCUT2D eigenvalue weighted by Crippen LogP contribution is -2.32. The number of hydrogen-bond donors (Lipinski definition) is 1. The van der Waals surface area contributed by atoms with Crippen LogP contribution in [0.25, 0.3) is 0 Å². The highest BCUT2D eigenvalue weighted by atomic mass is 16.5. The molecule has 2 heterocycles. The Balaban J connectivity index is 1.52. The van der Waals surface area contributed by atoms with Crippen LogP contribution in [0.2, 0.25) is 0 Å². The second-order valence-corrected chi connectivity index (χ2v) is 5.27. The maximum atomic E-state index is 5.68. The van der Waals surface area contributed by atoms with Crippen LogP contribution in [0.3, 0.4) is 0 Å². The molecule has 2 rings (SSSR count). The summed E-state index contributed by atoms with van der Waals surface area (Å²) in [7, 11) is 0. The van der Waals surface area contributed by atoms with E-state index in [0.29, 0.717) is 6.61 Å². The molecule has 1 N–H and O–H groups in total. The third-order valence-electron chi connectivity index (χ3n) is 3.61. The minimum atomic E-state index is 0.706. The molecule has 0 bridgehead atoms. The summed E-state index contributed by atoms with van der Waals surface area (Å²) in [6.45, 7) is 9.65. The summed E-state index contributed by atoms with van der Waals surface area (Å²) >= 11 is 0. The highest BCUT2D eigenvalue weighted by Crippen LogP contribution is 2.07. The van der Waals surface area contributed by atoms with Gasteiger partial charge in [-0.1, -0.05) is 18.6 Å². The number of nitrogens with zero attached hydrogens (tertiary/aromatic N) is 4. The van der Waals surface area contributed by atoms with Crippen LogP contribution in [0.4, 0.5) is 0 Å². The van der Waals surface area contributed by atoms with Crippen molar-refractivity contribution in [2.24, 2.45) is 0 Å². The van der Waals surface area contributed by atoms with E-state index in [4.69, 9.17) is 4.74 Å². The van der Waals surface area contributed by atoms with Crippen molar-refractivity contribution >= 4 is 0 Å². The summed E-state index contributed by atoms with van der Waals surface area (Å²) in [6.07, 6.45) is 6.05. The third kappa shape index (κ3) is 5.56. The fourth-order valence-corrected chi connectivity index (χ4v) is 2.42. The van der Waals surface area contributed by atoms with Gasteiger partial charge in [-0.25, -0.2) is 4.68 Å². The van der Waals surface area contributed by atoms with Gasteiger partial charge in [-0.15, -0.1) is 5.10 Å². The van der Waals surface area contributed by atoms with E-state index in [1.807, 2.05) is 10.9 Å². The van der Waals surface area contributed by atoms with Gasteiger partial charge in [-0.3, -0.25) is 0 Å². The van der Waals surface area contributed by atoms with Crippen molar-refractivity contribution in [3.63, 3.8) is 0 Å². The van der Waals surface area contributed by atoms with Crippen LogP contribution in [0.5, 0.6) is 0 Å². The molecule has 1 aromatic rings. The highest BCUT2D eigenvalue weighted by molar-refractivity contribution is 4.91. The molecule has 6 heteroatoms. The van der Waals surface area contributed by atoms with Crippen molar-refractivity contribution < 1.29 is 4.74 Å². The smallest absolute Gasteiger partial charge is 0.0964 e. The Kier molecular flexibility index (Phi) is 6.97. The number of hydrogen-bond acceptors (Lipinski definition) is 5. The van der Waals surface area contributed by atoms with Crippen molar-refractivity contribution in [2.75, 3.05) is 39.4 Å². The van der Waals surface area contributed by atoms with Gasteiger partial charge in [0.1, 0.15) is 0 Å². The fraction of sp³-hybridized carbons (Fsp3) is 0.857. The summed E-state index contributed by atoms with van der Waals surface area (Å²) in [6, 6.07) is 0. The molecule has 6 nitrogen and oxygen atoms in total. The standard InChI is InChI=1S/C14H27N5O/c1-2-15-12-14-13-19(17-16-14)9-11-20-10-8-18-6-4-3-5-7-18/h13,15H,2-12H2,1H3. The minimum absolute atomic E-state index is 0.706. The Labute approximate surface area is 121 Å². The Morgan fingerprint density at radius 3 is 2.80 bits per heavy atom. The fourth-order valence-electron chi connectivity index (χ4n) is 2.42. The van der Waals surface area contributed by atoms with Crippen LogP contribution in [-0.4, -0.2) is 59.3 Å². The minimum Gasteiger partial charge on any atom is -0.378 e. The van der Waals surface area contributed by atoms with Crippen LogP contribution >= 0.6 is 0 Å². The van der Waals surface area contributed by atoms with Crippen LogP contribution in [-0.2, 0) is 17.8 Å². The number of aromatic nitrogens is 3. The van der Waals surface area contributed by atoms with Crippen molar-refractivity contribution in [3.8, 4) is 0 Å². The average molecular weight is 281 g/mol. The largest absolute Gasteiger partial charge is 0.378 e. The molecule has 0 atom stereocenters. The van der Waals surface area contributed by atoms with Gasteiger partial charge < -0.3 is 15.0 Å². The number of ether oxygens (including phenoxy) is 1. The summed E-state index contributed by atoms with van der Waals surface area (Å²) in [5.41, 5.74) is 0.986. The first-order chi connectivity index (χ1) is 9.88. The van der Waals surface area contributed by atoms with Gasteiger partial charge in [0, 0.05) is 19.3 Å². The molecule has 0 amide bonds. The second kappa shape index (κ2) is 9.05. The zero-order valence-corrected chi connectivity index (χ0v) is 12.6. The number of piperidine rings is 1. The lowest BCUT2D eigenvalue weighted by atomic mass is 10.1. The zero-order chi connectivity index (χ0) is 14.0. The first kappa shape index (κ1) is 15.4. The Bertz CT molecular complexity index is 362. The molecule has 114 valence electrons. The van der Waals surface area contributed by atoms with E-state index < -0.39 is 0 Å². The topological polar surface area (TPSA) is 55.2 Å². The van der Waals surface area contributed by atoms with E-state index in [1.54, 1.807) is 0 Å². The Morgan fingerprint density at radius 1 is 1.20 bits per heavy atom. The number of rotatable bonds is 9. The van der Waals surface area contributed by atoms with Crippen LogP contribution in [0.1, 0.15) is 31.9 Å². The van der Waals surface area contributed by atoms with Crippen molar-refractivity contribution in [3.05, 3.63) is 11.9 Å². The number of nitrogens with one attached hydrogen (secondary N) is 1. The third-order valence-corrected chi connectivity index (χ3v) is 3.61. The van der Waals surface area contributed by atoms with Crippen LogP contribution in [0.15, 0.2) is 6.20 Å². The van der Waals surface area contributed by atoms with E-state index in [2.05, 4.69) is 27.5 Å². The molecule has 1 saturated heterocycles. The predicted octanol–water partition coefficient (Wildman–Crippen LogP) is 0.890. The first-order valence-corrected chi connectivity index (χ1v) is 7.78. The predicted molar refractivity (Wildman–Crippen MR) is 78.5 cm³/mol. The van der Waals surface area contributed by atoms with Gasteiger partial charge in [0.2, 0.25) is 0 Å². The summed E-state index contributed by atoms with van der Waals surface area (Å²) < 4.78 is 7.54. The summed E-state index contributed by atoms with van der Waals surface area (Å²) in [5, 5.41) is 11.4. The molecule has 0 aliphatic carbocycles. The summed E-state index contributed by atoms with van der Waals surface area (Å²) in [5.74, 6) is 0. The number of likely N-dealkylation sites (tertiary alicyclic amines) is 1. The lowest BCUT2D eigenvalue weighted by molar-refractivity contribution is 0.0896. The maximum Gasteiger partial charge on any atom is 0.0964 e. The molecule has 0 radical (unpaired) electrons. The quantitative estimate of drug-likeness (QED) is 0.681. The SMILES string of the molecule is CCNCc1cn(CCOCCN2CCCCC2)nn1. The molecule has 1 aliphatic rings. The molecule has 0 saturated carbocycles. The van der Waals surface area contributed by atoms with Gasteiger partial charge in [0.05, 0.1) is 25.5 Å². The molecule has 1 aliphatic heterocycles. The maximum absolute atomic E-state index is 5.68. The van der Waals surface area contributed by atoms with Crippen molar-refractivity contribution in [2.45, 2.75) is 39.3 Å². The average Bonchev–Trinajstić information content (AvgIpc) is 2.94. The molecule has 0 unspecified atom stereocenters. The highest BCUT2D eigenvalue weighted by Gasteiger charge is 2.09. The summed E-state index contributed by atoms with van der Waals surface area (Å²) in [4.78, 5) is 2.49. The van der Waals surface area contributed by atoms with Gasteiger partial charge >= 0.3 is 0 Å². The van der Waals surface area contributed by atoms with Gasteiger partial charge in [-0.05, 0) is 32.5 Å². The van der Waals surface area contributed by atoms with E-state index in [-0.39, 0.29) is 0 Å². The van der Waals surface area contributed by atoms with Crippen LogP contribution in [0, 0.1) is 0 Å². The second-order valence-electron chi connectivity index (χ2n) is 5.27. The Hall–Kier alpha value is -0.980. The molecule has 0 spiro atoms. The monoisotopic (exact) mass is 281 g/mol.